The minimum atomic E-state index is -0.249. The summed E-state index contributed by atoms with van der Waals surface area (Å²) in [6.07, 6.45) is 3.21. The lowest BCUT2D eigenvalue weighted by Gasteiger charge is -2.19. The molecule has 3 aromatic heterocycles. The van der Waals surface area contributed by atoms with Crippen LogP contribution in [0.5, 0.6) is 0 Å². The van der Waals surface area contributed by atoms with Crippen LogP contribution in [0, 0.1) is 0 Å². The number of aromatic nitrogens is 3. The summed E-state index contributed by atoms with van der Waals surface area (Å²) in [5.74, 6) is 0.578. The van der Waals surface area contributed by atoms with Gasteiger partial charge in [-0.05, 0) is 31.2 Å². The molecule has 0 saturated heterocycles. The van der Waals surface area contributed by atoms with Crippen molar-refractivity contribution in [3.63, 3.8) is 0 Å². The van der Waals surface area contributed by atoms with Crippen LogP contribution in [0.4, 0.5) is 0 Å². The highest BCUT2D eigenvalue weighted by Gasteiger charge is 2.18. The van der Waals surface area contributed by atoms with E-state index in [1.807, 2.05) is 13.0 Å². The molecular weight excluding hydrogens is 296 g/mol. The average Bonchev–Trinajstić information content (AvgIpc) is 3.16. The Morgan fingerprint density at radius 1 is 1.35 bits per heavy atom. The van der Waals surface area contributed by atoms with Gasteiger partial charge in [-0.25, -0.2) is 9.78 Å². The standard InChI is InChI=1S/C16H18N4O3/c1-3-19(10-12-6-5-9-23-12)14(21)11-20-13-7-4-8-17-15(13)18(2)16(20)22/h4-9H,3,10-11H2,1-2H3. The van der Waals surface area contributed by atoms with E-state index in [1.54, 1.807) is 42.6 Å². The van der Waals surface area contributed by atoms with E-state index < -0.39 is 0 Å². The number of hydrogen-bond donors (Lipinski definition) is 0. The van der Waals surface area contributed by atoms with Gasteiger partial charge in [-0.15, -0.1) is 0 Å². The number of rotatable bonds is 5. The summed E-state index contributed by atoms with van der Waals surface area (Å²) in [6, 6.07) is 7.15. The Balaban J connectivity index is 1.87. The third-order valence-electron chi connectivity index (χ3n) is 3.85. The summed E-state index contributed by atoms with van der Waals surface area (Å²) in [4.78, 5) is 30.8. The Labute approximate surface area is 132 Å². The van der Waals surface area contributed by atoms with Gasteiger partial charge >= 0.3 is 5.69 Å². The van der Waals surface area contributed by atoms with E-state index in [1.165, 1.54) is 9.13 Å². The summed E-state index contributed by atoms with van der Waals surface area (Å²) in [7, 11) is 1.65. The Morgan fingerprint density at radius 2 is 2.17 bits per heavy atom. The lowest BCUT2D eigenvalue weighted by Crippen LogP contribution is -2.36. The lowest BCUT2D eigenvalue weighted by molar-refractivity contribution is -0.132. The van der Waals surface area contributed by atoms with E-state index in [-0.39, 0.29) is 18.1 Å². The van der Waals surface area contributed by atoms with Gasteiger partial charge in [0.05, 0.1) is 18.3 Å². The van der Waals surface area contributed by atoms with Crippen molar-refractivity contribution in [1.82, 2.24) is 19.0 Å². The smallest absolute Gasteiger partial charge is 0.330 e. The van der Waals surface area contributed by atoms with Crippen LogP contribution in [0.25, 0.3) is 11.2 Å². The molecule has 120 valence electrons. The first-order valence-corrected chi connectivity index (χ1v) is 7.42. The van der Waals surface area contributed by atoms with Crippen LogP contribution in [-0.4, -0.2) is 31.5 Å². The molecule has 0 bridgehead atoms. The Morgan fingerprint density at radius 3 is 2.87 bits per heavy atom. The van der Waals surface area contributed by atoms with E-state index in [0.29, 0.717) is 30.0 Å². The Kier molecular flexibility index (Phi) is 4.01. The predicted molar refractivity (Wildman–Crippen MR) is 84.8 cm³/mol. The van der Waals surface area contributed by atoms with Crippen LogP contribution in [0.3, 0.4) is 0 Å². The van der Waals surface area contributed by atoms with Crippen LogP contribution >= 0.6 is 0 Å². The van der Waals surface area contributed by atoms with Crippen molar-refractivity contribution in [2.75, 3.05) is 6.54 Å². The Bertz CT molecular complexity index is 877. The highest BCUT2D eigenvalue weighted by molar-refractivity contribution is 5.79. The Hall–Kier alpha value is -2.83. The van der Waals surface area contributed by atoms with E-state index in [4.69, 9.17) is 4.42 Å². The zero-order chi connectivity index (χ0) is 16.4. The fraction of sp³-hybridized carbons (Fsp3) is 0.312. The second kappa shape index (κ2) is 6.12. The molecule has 0 radical (unpaired) electrons. The monoisotopic (exact) mass is 314 g/mol. The highest BCUT2D eigenvalue weighted by Crippen LogP contribution is 2.10. The van der Waals surface area contributed by atoms with E-state index in [0.717, 1.165) is 0 Å². The van der Waals surface area contributed by atoms with Gasteiger partial charge in [0.1, 0.15) is 12.3 Å². The normalized spacial score (nSPS) is 11.0. The van der Waals surface area contributed by atoms with Crippen LogP contribution in [0.15, 0.2) is 45.9 Å². The van der Waals surface area contributed by atoms with Gasteiger partial charge in [0.2, 0.25) is 5.91 Å². The largest absolute Gasteiger partial charge is 0.467 e. The van der Waals surface area contributed by atoms with Gasteiger partial charge in [0, 0.05) is 19.8 Å². The first-order chi connectivity index (χ1) is 11.1. The average molecular weight is 314 g/mol. The minimum absolute atomic E-state index is 0.0174. The molecular formula is C16H18N4O3. The number of aryl methyl sites for hydroxylation is 1. The second-order valence-corrected chi connectivity index (χ2v) is 5.26. The van der Waals surface area contributed by atoms with Gasteiger partial charge in [-0.2, -0.15) is 0 Å². The summed E-state index contributed by atoms with van der Waals surface area (Å²) in [5, 5.41) is 0. The number of imidazole rings is 1. The second-order valence-electron chi connectivity index (χ2n) is 5.26. The molecule has 0 N–H and O–H groups in total. The van der Waals surface area contributed by atoms with E-state index >= 15 is 0 Å². The third kappa shape index (κ3) is 2.77. The SMILES string of the molecule is CCN(Cc1ccco1)C(=O)Cn1c(=O)n(C)c2ncccc21. The van der Waals surface area contributed by atoms with Crippen molar-refractivity contribution < 1.29 is 9.21 Å². The van der Waals surface area contributed by atoms with Crippen LogP contribution in [0.2, 0.25) is 0 Å². The fourth-order valence-electron chi connectivity index (χ4n) is 2.59. The highest BCUT2D eigenvalue weighted by atomic mass is 16.3. The number of likely N-dealkylation sites (N-methyl/N-ethyl adjacent to an activating group) is 1. The molecule has 0 atom stereocenters. The quantitative estimate of drug-likeness (QED) is 0.713. The third-order valence-corrected chi connectivity index (χ3v) is 3.85. The molecule has 0 fully saturated rings. The molecule has 0 saturated carbocycles. The molecule has 0 unspecified atom stereocenters. The molecule has 0 spiro atoms. The van der Waals surface area contributed by atoms with Gasteiger partial charge in [-0.3, -0.25) is 13.9 Å². The molecule has 0 aliphatic carbocycles. The van der Waals surface area contributed by atoms with Crippen molar-refractivity contribution in [3.8, 4) is 0 Å². The van der Waals surface area contributed by atoms with Gasteiger partial charge in [0.15, 0.2) is 5.65 Å². The number of carbonyl (C=O) groups excluding carboxylic acids is 1. The van der Waals surface area contributed by atoms with E-state index in [9.17, 15) is 9.59 Å². The molecule has 7 heteroatoms. The molecule has 23 heavy (non-hydrogen) atoms. The van der Waals surface area contributed by atoms with Crippen LogP contribution in [0.1, 0.15) is 12.7 Å². The van der Waals surface area contributed by atoms with Gasteiger partial charge < -0.3 is 9.32 Å². The number of amides is 1. The van der Waals surface area contributed by atoms with Crippen LogP contribution in [-0.2, 0) is 24.9 Å². The summed E-state index contributed by atoms with van der Waals surface area (Å²) in [6.45, 7) is 2.81. The number of pyridine rings is 1. The van der Waals surface area contributed by atoms with Crippen molar-refractivity contribution in [1.29, 1.82) is 0 Å². The van der Waals surface area contributed by atoms with Crippen molar-refractivity contribution in [2.45, 2.75) is 20.0 Å². The molecule has 0 aliphatic rings. The predicted octanol–water partition coefficient (Wildman–Crippen LogP) is 1.38. The number of hydrogen-bond acceptors (Lipinski definition) is 4. The maximum absolute atomic E-state index is 12.6. The maximum atomic E-state index is 12.6. The summed E-state index contributed by atoms with van der Waals surface area (Å²) in [5.41, 5.74) is 0.975. The maximum Gasteiger partial charge on any atom is 0.330 e. The fourth-order valence-corrected chi connectivity index (χ4v) is 2.59. The molecule has 7 nitrogen and oxygen atoms in total. The first kappa shape index (κ1) is 15.1. The molecule has 3 heterocycles. The zero-order valence-electron chi connectivity index (χ0n) is 13.1. The molecule has 0 aromatic carbocycles. The molecule has 3 aromatic rings. The zero-order valence-corrected chi connectivity index (χ0v) is 13.1. The van der Waals surface area contributed by atoms with Gasteiger partial charge in [-0.1, -0.05) is 0 Å². The van der Waals surface area contributed by atoms with Gasteiger partial charge in [0.25, 0.3) is 0 Å². The molecule has 1 amide bonds. The minimum Gasteiger partial charge on any atom is -0.467 e. The number of furan rings is 1. The lowest BCUT2D eigenvalue weighted by atomic mass is 10.3. The topological polar surface area (TPSA) is 73.3 Å². The van der Waals surface area contributed by atoms with Crippen molar-refractivity contribution in [3.05, 3.63) is 53.0 Å². The van der Waals surface area contributed by atoms with Crippen molar-refractivity contribution >= 4 is 17.1 Å². The summed E-state index contributed by atoms with van der Waals surface area (Å²) >= 11 is 0. The van der Waals surface area contributed by atoms with Crippen molar-refractivity contribution in [2.24, 2.45) is 7.05 Å². The molecule has 0 aliphatic heterocycles. The summed E-state index contributed by atoms with van der Waals surface area (Å²) < 4.78 is 8.19. The molecule has 3 rings (SSSR count). The number of nitrogens with zero attached hydrogens (tertiary/aromatic N) is 4. The number of carbonyl (C=O) groups is 1. The van der Waals surface area contributed by atoms with E-state index in [2.05, 4.69) is 4.98 Å². The number of fused-ring (bicyclic) bond motifs is 1. The first-order valence-electron chi connectivity index (χ1n) is 7.42. The van der Waals surface area contributed by atoms with Crippen LogP contribution < -0.4 is 5.69 Å².